The maximum absolute atomic E-state index is 11.9. The molecule has 0 aromatic carbocycles. The molecule has 0 heterocycles. The second-order valence-corrected chi connectivity index (χ2v) is 12.8. The molecule has 0 unspecified atom stereocenters. The van der Waals surface area contributed by atoms with Gasteiger partial charge in [-0.1, -0.05) is 194 Å². The number of ether oxygens (including phenoxy) is 2. The van der Waals surface area contributed by atoms with Crippen LogP contribution in [-0.2, 0) is 19.1 Å². The standard InChI is InChI=1S/C38H74O4.2K.2H/c1-3-5-7-9-11-13-15-17-19-21-23-25-27-29-31-35-41-37(39)33-34-38(40)42-36-32-30-28-26-24-22-20-18-16-14-12-10-8-6-4-2;;;;/h3-36H2,1-2H3;;;;. The molecular weight excluding hydrogens is 599 g/mol. The third-order valence-corrected chi connectivity index (χ3v) is 8.56. The Balaban J connectivity index is -0.00000840. The van der Waals surface area contributed by atoms with E-state index in [1.54, 1.807) is 0 Å². The third kappa shape index (κ3) is 44.2. The summed E-state index contributed by atoms with van der Waals surface area (Å²) in [6, 6.07) is 0. The number of hydrogen-bond donors (Lipinski definition) is 0. The zero-order valence-corrected chi connectivity index (χ0v) is 28.7. The zero-order valence-electron chi connectivity index (χ0n) is 28.7. The Hall–Kier alpha value is 2.21. The van der Waals surface area contributed by atoms with E-state index in [2.05, 4.69) is 13.8 Å². The Morgan fingerprint density at radius 2 is 0.500 bits per heavy atom. The molecule has 0 radical (unpaired) electrons. The van der Waals surface area contributed by atoms with Gasteiger partial charge in [0.2, 0.25) is 0 Å². The van der Waals surface area contributed by atoms with Crippen LogP contribution in [0.5, 0.6) is 0 Å². The minimum absolute atomic E-state index is 0. The van der Waals surface area contributed by atoms with Crippen LogP contribution in [0.3, 0.4) is 0 Å². The number of esters is 2. The quantitative estimate of drug-likeness (QED) is 0.0381. The number of hydrogen-bond acceptors (Lipinski definition) is 4. The van der Waals surface area contributed by atoms with Crippen LogP contribution in [0.4, 0.5) is 0 Å². The van der Waals surface area contributed by atoms with Crippen molar-refractivity contribution in [2.24, 2.45) is 0 Å². The summed E-state index contributed by atoms with van der Waals surface area (Å²) in [6.07, 6.45) is 40.0. The van der Waals surface area contributed by atoms with Gasteiger partial charge in [0.15, 0.2) is 0 Å². The maximum atomic E-state index is 11.9. The summed E-state index contributed by atoms with van der Waals surface area (Å²) in [4.78, 5) is 23.8. The number of carbonyl (C=O) groups excluding carboxylic acids is 2. The van der Waals surface area contributed by atoms with E-state index in [1.165, 1.54) is 167 Å². The molecule has 0 fully saturated rings. The monoisotopic (exact) mass is 675 g/mol. The summed E-state index contributed by atoms with van der Waals surface area (Å²) in [7, 11) is 0. The van der Waals surface area contributed by atoms with Crippen LogP contribution in [-0.4, -0.2) is 128 Å². The normalized spacial score (nSPS) is 10.7. The van der Waals surface area contributed by atoms with Crippen LogP contribution in [0.1, 0.15) is 219 Å². The molecule has 0 atom stereocenters. The molecule has 6 heteroatoms. The van der Waals surface area contributed by atoms with Gasteiger partial charge < -0.3 is 9.47 Å². The van der Waals surface area contributed by atoms with E-state index < -0.39 is 0 Å². The molecule has 0 aliphatic heterocycles. The van der Waals surface area contributed by atoms with Crippen LogP contribution in [0.25, 0.3) is 0 Å². The van der Waals surface area contributed by atoms with Gasteiger partial charge in [-0.15, -0.1) is 0 Å². The van der Waals surface area contributed by atoms with Crippen molar-refractivity contribution in [2.45, 2.75) is 219 Å². The van der Waals surface area contributed by atoms with Gasteiger partial charge in [0.05, 0.1) is 26.1 Å². The average Bonchev–Trinajstić information content (AvgIpc) is 2.99. The Morgan fingerprint density at radius 1 is 0.318 bits per heavy atom. The second kappa shape index (κ2) is 45.2. The van der Waals surface area contributed by atoms with Crippen LogP contribution in [0, 0.1) is 0 Å². The summed E-state index contributed by atoms with van der Waals surface area (Å²) < 4.78 is 10.6. The molecule has 0 N–H and O–H groups in total. The van der Waals surface area contributed by atoms with E-state index in [0.717, 1.165) is 25.7 Å². The fourth-order valence-corrected chi connectivity index (χ4v) is 5.67. The molecule has 0 saturated heterocycles. The van der Waals surface area contributed by atoms with Gasteiger partial charge >= 0.3 is 115 Å². The summed E-state index contributed by atoms with van der Waals surface area (Å²) >= 11 is 0. The molecule has 0 amide bonds. The van der Waals surface area contributed by atoms with Gasteiger partial charge in [-0.05, 0) is 12.8 Å². The Bertz CT molecular complexity index is 511. The van der Waals surface area contributed by atoms with Gasteiger partial charge in [-0.25, -0.2) is 0 Å². The molecule has 0 aliphatic rings. The van der Waals surface area contributed by atoms with Crippen LogP contribution in [0.2, 0.25) is 0 Å². The van der Waals surface area contributed by atoms with Gasteiger partial charge in [-0.3, -0.25) is 9.59 Å². The first-order valence-corrected chi connectivity index (χ1v) is 19.0. The number of carbonyl (C=O) groups is 2. The van der Waals surface area contributed by atoms with E-state index in [-0.39, 0.29) is 128 Å². The molecule has 0 aliphatic carbocycles. The number of rotatable bonds is 35. The van der Waals surface area contributed by atoms with Crippen LogP contribution >= 0.6 is 0 Å². The predicted octanol–water partition coefficient (Wildman–Crippen LogP) is 11.3. The fraction of sp³-hybridized carbons (Fsp3) is 0.947. The van der Waals surface area contributed by atoms with E-state index in [1.807, 2.05) is 0 Å². The van der Waals surface area contributed by atoms with Crippen molar-refractivity contribution in [3.05, 3.63) is 0 Å². The second-order valence-electron chi connectivity index (χ2n) is 12.8. The van der Waals surface area contributed by atoms with Crippen molar-refractivity contribution in [2.75, 3.05) is 13.2 Å². The first kappa shape index (κ1) is 50.6. The van der Waals surface area contributed by atoms with Crippen molar-refractivity contribution in [1.29, 1.82) is 0 Å². The Morgan fingerprint density at radius 3 is 0.705 bits per heavy atom. The SMILES string of the molecule is CCCCCCCCCCCCCCCCCOC(=O)CCC(=O)OCCCCCCCCCCCCCCCCC.[KH].[KH]. The molecule has 0 bridgehead atoms. The third-order valence-electron chi connectivity index (χ3n) is 8.56. The van der Waals surface area contributed by atoms with Crippen LogP contribution in [0.15, 0.2) is 0 Å². The first-order chi connectivity index (χ1) is 20.7. The molecule has 0 spiro atoms. The molecule has 0 rings (SSSR count). The Labute approximate surface area is 361 Å². The van der Waals surface area contributed by atoms with Gasteiger partial charge in [-0.2, -0.15) is 0 Å². The van der Waals surface area contributed by atoms with E-state index >= 15 is 0 Å². The summed E-state index contributed by atoms with van der Waals surface area (Å²) in [5, 5.41) is 0. The van der Waals surface area contributed by atoms with Crippen LogP contribution < -0.4 is 0 Å². The van der Waals surface area contributed by atoms with Gasteiger partial charge in [0, 0.05) is 0 Å². The van der Waals surface area contributed by atoms with Crippen molar-refractivity contribution in [1.82, 2.24) is 0 Å². The fourth-order valence-electron chi connectivity index (χ4n) is 5.67. The van der Waals surface area contributed by atoms with Crippen molar-refractivity contribution in [3.8, 4) is 0 Å². The summed E-state index contributed by atoms with van der Waals surface area (Å²) in [5.41, 5.74) is 0. The summed E-state index contributed by atoms with van der Waals surface area (Å²) in [6.45, 7) is 5.51. The van der Waals surface area contributed by atoms with E-state index in [4.69, 9.17) is 9.47 Å². The van der Waals surface area contributed by atoms with E-state index in [0.29, 0.717) is 13.2 Å². The summed E-state index contributed by atoms with van der Waals surface area (Å²) in [5.74, 6) is -0.548. The molecular formula is C38H76K2O4. The average molecular weight is 675 g/mol. The minimum atomic E-state index is -0.274. The molecule has 0 aromatic heterocycles. The molecule has 44 heavy (non-hydrogen) atoms. The molecule has 4 nitrogen and oxygen atoms in total. The van der Waals surface area contributed by atoms with E-state index in [9.17, 15) is 9.59 Å². The van der Waals surface area contributed by atoms with Gasteiger partial charge in [0.25, 0.3) is 0 Å². The predicted molar refractivity (Wildman–Crippen MR) is 195 cm³/mol. The zero-order chi connectivity index (χ0) is 30.6. The van der Waals surface area contributed by atoms with Crippen molar-refractivity contribution >= 4 is 115 Å². The first-order valence-electron chi connectivity index (χ1n) is 19.0. The number of unbranched alkanes of at least 4 members (excludes halogenated alkanes) is 28. The molecule has 0 aromatic rings. The van der Waals surface area contributed by atoms with Gasteiger partial charge in [0.1, 0.15) is 0 Å². The van der Waals surface area contributed by atoms with Crippen molar-refractivity contribution < 1.29 is 19.1 Å². The van der Waals surface area contributed by atoms with Crippen molar-refractivity contribution in [3.63, 3.8) is 0 Å². The molecule has 0 saturated carbocycles. The molecule has 254 valence electrons. The topological polar surface area (TPSA) is 52.6 Å². The Kier molecular flexibility index (Phi) is 52.0.